The van der Waals surface area contributed by atoms with Crippen LogP contribution in [-0.2, 0) is 13.0 Å². The Bertz CT molecular complexity index is 230. The van der Waals surface area contributed by atoms with Crippen LogP contribution in [-0.4, -0.2) is 5.75 Å². The fourth-order valence-electron chi connectivity index (χ4n) is 1.30. The molecule has 0 bridgehead atoms. The summed E-state index contributed by atoms with van der Waals surface area (Å²) in [6.07, 6.45) is 8.04. The van der Waals surface area contributed by atoms with Gasteiger partial charge >= 0.3 is 0 Å². The van der Waals surface area contributed by atoms with Crippen LogP contribution in [0.1, 0.15) is 25.3 Å². The molecule has 0 saturated carbocycles. The lowest BCUT2D eigenvalue weighted by Gasteiger charge is -1.98. The smallest absolute Gasteiger partial charge is 0.169 e. The summed E-state index contributed by atoms with van der Waals surface area (Å²) in [6.45, 7) is 3.22. The predicted octanol–water partition coefficient (Wildman–Crippen LogP) is 2.25. The Labute approximate surface area is 86.2 Å². The van der Waals surface area contributed by atoms with Gasteiger partial charge in [-0.2, -0.15) is 12.6 Å². The molecule has 0 radical (unpaired) electrons. The molecule has 72 valence electrons. The Morgan fingerprint density at radius 3 is 2.54 bits per heavy atom. The highest BCUT2D eigenvalue weighted by atomic mass is 32.1. The first kappa shape index (κ1) is 10.6. The molecule has 1 heterocycles. The van der Waals surface area contributed by atoms with E-state index in [0.29, 0.717) is 0 Å². The van der Waals surface area contributed by atoms with Crippen LogP contribution in [0.5, 0.6) is 0 Å². The van der Waals surface area contributed by atoms with E-state index in [1.165, 1.54) is 24.8 Å². The van der Waals surface area contributed by atoms with Crippen molar-refractivity contribution < 1.29 is 4.57 Å². The Kier molecular flexibility index (Phi) is 4.91. The van der Waals surface area contributed by atoms with Crippen LogP contribution in [0.15, 0.2) is 24.5 Å². The maximum atomic E-state index is 4.19. The minimum Gasteiger partial charge on any atom is -0.204 e. The number of hydrogen-bond donors (Lipinski definition) is 1. The van der Waals surface area contributed by atoms with Gasteiger partial charge in [0.2, 0.25) is 0 Å². The number of aromatic nitrogens is 1. The van der Waals surface area contributed by atoms with E-state index < -0.39 is 0 Å². The third kappa shape index (κ3) is 3.81. The first-order chi connectivity index (χ1) is 6.36. The summed E-state index contributed by atoms with van der Waals surface area (Å²) in [5, 5.41) is 0. The molecule has 0 aliphatic carbocycles. The number of aryl methyl sites for hydroxylation is 2. The summed E-state index contributed by atoms with van der Waals surface area (Å²) in [7, 11) is 0. The molecule has 0 aromatic carbocycles. The Hall–Kier alpha value is -0.500. The molecule has 1 nitrogen and oxygen atoms in total. The van der Waals surface area contributed by atoms with Crippen LogP contribution in [0.3, 0.4) is 0 Å². The lowest BCUT2D eigenvalue weighted by Crippen LogP contribution is -2.33. The van der Waals surface area contributed by atoms with Crippen molar-refractivity contribution in [3.05, 3.63) is 30.1 Å². The molecule has 1 aromatic rings. The van der Waals surface area contributed by atoms with Crippen molar-refractivity contribution in [3.63, 3.8) is 0 Å². The number of pyridine rings is 1. The Morgan fingerprint density at radius 2 is 2.00 bits per heavy atom. The second-order valence-corrected chi connectivity index (χ2v) is 3.72. The van der Waals surface area contributed by atoms with E-state index >= 15 is 0 Å². The van der Waals surface area contributed by atoms with Crippen molar-refractivity contribution in [2.75, 3.05) is 5.75 Å². The van der Waals surface area contributed by atoms with E-state index in [1.54, 1.807) is 0 Å². The van der Waals surface area contributed by atoms with Gasteiger partial charge in [-0.1, -0.05) is 13.3 Å². The van der Waals surface area contributed by atoms with E-state index in [0.717, 1.165) is 12.3 Å². The molecule has 2 heteroatoms. The number of hydrogen-bond acceptors (Lipinski definition) is 1. The van der Waals surface area contributed by atoms with Gasteiger partial charge in [0.05, 0.1) is 0 Å². The van der Waals surface area contributed by atoms with Gasteiger partial charge in [-0.05, 0) is 18.4 Å². The molecule has 0 atom stereocenters. The summed E-state index contributed by atoms with van der Waals surface area (Å²) in [6, 6.07) is 4.41. The molecule has 0 spiro atoms. The van der Waals surface area contributed by atoms with Gasteiger partial charge in [-0.3, -0.25) is 0 Å². The maximum Gasteiger partial charge on any atom is 0.169 e. The molecule has 0 aliphatic heterocycles. The molecule has 1 aromatic heterocycles. The molecule has 0 saturated heterocycles. The van der Waals surface area contributed by atoms with Crippen molar-refractivity contribution in [2.24, 2.45) is 0 Å². The lowest BCUT2D eigenvalue weighted by molar-refractivity contribution is -0.692. The van der Waals surface area contributed by atoms with Crippen molar-refractivity contribution >= 4 is 12.6 Å². The van der Waals surface area contributed by atoms with E-state index in [1.807, 2.05) is 0 Å². The van der Waals surface area contributed by atoms with E-state index in [2.05, 4.69) is 48.6 Å². The third-order valence-corrected chi connectivity index (χ3v) is 2.34. The summed E-state index contributed by atoms with van der Waals surface area (Å²) < 4.78 is 2.17. The van der Waals surface area contributed by atoms with E-state index in [9.17, 15) is 0 Å². The zero-order valence-electron chi connectivity index (χ0n) is 8.24. The Morgan fingerprint density at radius 1 is 1.31 bits per heavy atom. The van der Waals surface area contributed by atoms with Gasteiger partial charge in [0.15, 0.2) is 18.9 Å². The van der Waals surface area contributed by atoms with Crippen molar-refractivity contribution in [1.82, 2.24) is 0 Å². The standard InChI is InChI=1S/C11H17NS/c1-2-3-4-11-5-7-12(8-6-11)9-10-13/h5-8H,2-4,9-10H2,1H3/p+1. The highest BCUT2D eigenvalue weighted by molar-refractivity contribution is 7.80. The molecule has 0 amide bonds. The number of unbranched alkanes of at least 4 members (excludes halogenated alkanes) is 1. The SMILES string of the molecule is CCCCc1cc[n+](CCS)cc1. The van der Waals surface area contributed by atoms with Gasteiger partial charge in [-0.25, -0.2) is 4.57 Å². The van der Waals surface area contributed by atoms with Gasteiger partial charge in [0.1, 0.15) is 0 Å². The summed E-state index contributed by atoms with van der Waals surface area (Å²) in [4.78, 5) is 0. The van der Waals surface area contributed by atoms with E-state index in [4.69, 9.17) is 0 Å². The van der Waals surface area contributed by atoms with Crippen molar-refractivity contribution in [1.29, 1.82) is 0 Å². The average Bonchev–Trinajstić information content (AvgIpc) is 2.17. The summed E-state index contributed by atoms with van der Waals surface area (Å²) in [5.41, 5.74) is 1.44. The van der Waals surface area contributed by atoms with Crippen LogP contribution >= 0.6 is 12.6 Å². The number of rotatable bonds is 5. The molecule has 0 N–H and O–H groups in total. The maximum absolute atomic E-state index is 4.19. The molecule has 0 fully saturated rings. The van der Waals surface area contributed by atoms with Gasteiger partial charge < -0.3 is 0 Å². The summed E-state index contributed by atoms with van der Waals surface area (Å²) in [5.74, 6) is 0.902. The highest BCUT2D eigenvalue weighted by Crippen LogP contribution is 2.01. The summed E-state index contributed by atoms with van der Waals surface area (Å²) >= 11 is 4.19. The fourth-order valence-corrected chi connectivity index (χ4v) is 1.53. The first-order valence-electron chi connectivity index (χ1n) is 4.95. The molecular formula is C11H18NS+. The molecule has 0 unspecified atom stereocenters. The molecule has 0 aliphatic rings. The van der Waals surface area contributed by atoms with Crippen LogP contribution < -0.4 is 4.57 Å². The zero-order valence-corrected chi connectivity index (χ0v) is 9.13. The minimum atomic E-state index is 0.902. The second-order valence-electron chi connectivity index (χ2n) is 3.27. The van der Waals surface area contributed by atoms with E-state index in [-0.39, 0.29) is 0 Å². The van der Waals surface area contributed by atoms with Gasteiger partial charge in [0, 0.05) is 17.9 Å². The number of nitrogens with zero attached hydrogens (tertiary/aromatic N) is 1. The average molecular weight is 196 g/mol. The third-order valence-electron chi connectivity index (χ3n) is 2.14. The molecule has 1 rings (SSSR count). The Balaban J connectivity index is 2.48. The topological polar surface area (TPSA) is 3.88 Å². The van der Waals surface area contributed by atoms with Crippen LogP contribution in [0.2, 0.25) is 0 Å². The monoisotopic (exact) mass is 196 g/mol. The predicted molar refractivity (Wildman–Crippen MR) is 59.1 cm³/mol. The minimum absolute atomic E-state index is 0.902. The van der Waals surface area contributed by atoms with Gasteiger partial charge in [0.25, 0.3) is 0 Å². The molecule has 13 heavy (non-hydrogen) atoms. The quantitative estimate of drug-likeness (QED) is 0.544. The van der Waals surface area contributed by atoms with Crippen LogP contribution in [0.4, 0.5) is 0 Å². The fraction of sp³-hybridized carbons (Fsp3) is 0.545. The van der Waals surface area contributed by atoms with Crippen LogP contribution in [0, 0.1) is 0 Å². The largest absolute Gasteiger partial charge is 0.204 e. The van der Waals surface area contributed by atoms with Crippen LogP contribution in [0.25, 0.3) is 0 Å². The zero-order chi connectivity index (χ0) is 9.52. The first-order valence-corrected chi connectivity index (χ1v) is 5.59. The number of thiol groups is 1. The second kappa shape index (κ2) is 6.03. The van der Waals surface area contributed by atoms with Gasteiger partial charge in [-0.15, -0.1) is 0 Å². The normalized spacial score (nSPS) is 10.3. The highest BCUT2D eigenvalue weighted by Gasteiger charge is 1.98. The van der Waals surface area contributed by atoms with Crippen molar-refractivity contribution in [2.45, 2.75) is 32.7 Å². The lowest BCUT2D eigenvalue weighted by atomic mass is 10.1. The molecular weight excluding hydrogens is 178 g/mol. The van der Waals surface area contributed by atoms with Crippen molar-refractivity contribution in [3.8, 4) is 0 Å².